The van der Waals surface area contributed by atoms with E-state index in [2.05, 4.69) is 0 Å². The summed E-state index contributed by atoms with van der Waals surface area (Å²) in [6, 6.07) is 4.23. The molecule has 0 aliphatic rings. The molecule has 0 bridgehead atoms. The molecule has 1 aromatic carbocycles. The lowest BCUT2D eigenvalue weighted by atomic mass is 9.87. The minimum atomic E-state index is -4.17. The molecule has 5 heteroatoms. The van der Waals surface area contributed by atoms with Crippen LogP contribution in [0.3, 0.4) is 0 Å². The molecule has 1 N–H and O–H groups in total. The van der Waals surface area contributed by atoms with Crippen molar-refractivity contribution >= 4 is 21.7 Å². The summed E-state index contributed by atoms with van der Waals surface area (Å²) < 4.78 is 30.5. The van der Waals surface area contributed by atoms with Gasteiger partial charge in [0, 0.05) is 5.02 Å². The van der Waals surface area contributed by atoms with Crippen molar-refractivity contribution in [1.29, 1.82) is 0 Å². The molecule has 0 aliphatic heterocycles. The van der Waals surface area contributed by atoms with Gasteiger partial charge in [0.1, 0.15) is 0 Å². The van der Waals surface area contributed by atoms with Crippen LogP contribution in [0, 0.1) is 0 Å². The van der Waals surface area contributed by atoms with Gasteiger partial charge in [0.2, 0.25) is 0 Å². The zero-order valence-electron chi connectivity index (χ0n) is 8.78. The highest BCUT2D eigenvalue weighted by Gasteiger charge is 2.19. The zero-order valence-corrected chi connectivity index (χ0v) is 10.4. The fraction of sp³-hybridized carbons (Fsp3) is 0.400. The Morgan fingerprint density at radius 1 is 1.27 bits per heavy atom. The third-order valence-corrected chi connectivity index (χ3v) is 3.21. The molecule has 84 valence electrons. The van der Waals surface area contributed by atoms with Crippen molar-refractivity contribution in [3.05, 3.63) is 28.8 Å². The molecule has 0 amide bonds. The van der Waals surface area contributed by atoms with Crippen LogP contribution in [0.1, 0.15) is 26.3 Å². The topological polar surface area (TPSA) is 54.4 Å². The molecule has 3 nitrogen and oxygen atoms in total. The maximum Gasteiger partial charge on any atom is 0.294 e. The number of hydrogen-bond donors (Lipinski definition) is 1. The van der Waals surface area contributed by atoms with Crippen LogP contribution in [0.4, 0.5) is 0 Å². The highest BCUT2D eigenvalue weighted by molar-refractivity contribution is 7.85. The first-order valence-electron chi connectivity index (χ1n) is 4.40. The lowest BCUT2D eigenvalue weighted by Gasteiger charge is -2.20. The molecule has 1 aromatic rings. The van der Waals surface area contributed by atoms with Crippen LogP contribution < -0.4 is 0 Å². The van der Waals surface area contributed by atoms with Gasteiger partial charge in [-0.2, -0.15) is 8.42 Å². The molecule has 0 fully saturated rings. The minimum Gasteiger partial charge on any atom is -0.282 e. The predicted molar refractivity (Wildman–Crippen MR) is 60.0 cm³/mol. The van der Waals surface area contributed by atoms with E-state index in [1.165, 1.54) is 12.1 Å². The van der Waals surface area contributed by atoms with Crippen LogP contribution in [0.15, 0.2) is 23.1 Å². The van der Waals surface area contributed by atoms with E-state index in [0.29, 0.717) is 5.02 Å². The van der Waals surface area contributed by atoms with Gasteiger partial charge < -0.3 is 0 Å². The summed E-state index contributed by atoms with van der Waals surface area (Å²) in [5, 5.41) is 0.345. The first-order chi connectivity index (χ1) is 6.62. The van der Waals surface area contributed by atoms with Crippen LogP contribution in [0.25, 0.3) is 0 Å². The van der Waals surface area contributed by atoms with Crippen LogP contribution >= 0.6 is 11.6 Å². The average molecular weight is 249 g/mol. The van der Waals surface area contributed by atoms with Gasteiger partial charge in [-0.3, -0.25) is 4.55 Å². The fourth-order valence-corrected chi connectivity index (χ4v) is 2.30. The van der Waals surface area contributed by atoms with E-state index in [-0.39, 0.29) is 10.3 Å². The second-order valence-electron chi connectivity index (χ2n) is 4.37. The number of rotatable bonds is 1. The van der Waals surface area contributed by atoms with Gasteiger partial charge >= 0.3 is 0 Å². The summed E-state index contributed by atoms with van der Waals surface area (Å²) in [7, 11) is -4.17. The largest absolute Gasteiger partial charge is 0.294 e. The molecule has 0 saturated heterocycles. The van der Waals surface area contributed by atoms with Crippen molar-refractivity contribution in [2.45, 2.75) is 31.1 Å². The number of benzene rings is 1. The average Bonchev–Trinajstić information content (AvgIpc) is 1.99. The molecule has 0 aliphatic carbocycles. The van der Waals surface area contributed by atoms with E-state index < -0.39 is 10.1 Å². The molecular formula is C10H13ClO3S. The summed E-state index contributed by atoms with van der Waals surface area (Å²) in [5.74, 6) is 0. The summed E-state index contributed by atoms with van der Waals surface area (Å²) in [6.45, 7) is 5.92. The van der Waals surface area contributed by atoms with Gasteiger partial charge in [-0.15, -0.1) is 0 Å². The lowest BCUT2D eigenvalue weighted by molar-refractivity contribution is 0.483. The Labute approximate surface area is 94.8 Å². The Balaban J connectivity index is 3.34. The molecule has 1 rings (SSSR count). The van der Waals surface area contributed by atoms with Crippen LogP contribution in [0.5, 0.6) is 0 Å². The summed E-state index contributed by atoms with van der Waals surface area (Å²) in [5.41, 5.74) is 0.686. The maximum absolute atomic E-state index is 10.8. The number of hydrogen-bond acceptors (Lipinski definition) is 2. The molecule has 0 spiro atoms. The van der Waals surface area contributed by atoms with Crippen molar-refractivity contribution < 1.29 is 13.0 Å². The third kappa shape index (κ3) is 2.93. The van der Waals surface area contributed by atoms with Crippen molar-refractivity contribution in [3.8, 4) is 0 Å². The highest BCUT2D eigenvalue weighted by atomic mass is 35.5. The Morgan fingerprint density at radius 3 is 2.13 bits per heavy atom. The first-order valence-corrected chi connectivity index (χ1v) is 6.22. The first kappa shape index (κ1) is 12.5. The molecule has 15 heavy (non-hydrogen) atoms. The molecule has 0 heterocycles. The monoisotopic (exact) mass is 248 g/mol. The SMILES string of the molecule is CC(C)(C)c1ccc(S(=O)(=O)O)cc1Cl. The second-order valence-corrected chi connectivity index (χ2v) is 6.20. The lowest BCUT2D eigenvalue weighted by Crippen LogP contribution is -2.12. The van der Waals surface area contributed by atoms with E-state index >= 15 is 0 Å². The molecular weight excluding hydrogens is 236 g/mol. The Kier molecular flexibility index (Phi) is 3.14. The van der Waals surface area contributed by atoms with Gasteiger partial charge in [-0.1, -0.05) is 38.4 Å². The molecule has 0 aromatic heterocycles. The highest BCUT2D eigenvalue weighted by Crippen LogP contribution is 2.30. The van der Waals surface area contributed by atoms with Crippen molar-refractivity contribution in [1.82, 2.24) is 0 Å². The van der Waals surface area contributed by atoms with Crippen LogP contribution in [0.2, 0.25) is 5.02 Å². The predicted octanol–water partition coefficient (Wildman–Crippen LogP) is 2.88. The van der Waals surface area contributed by atoms with E-state index in [1.54, 1.807) is 6.07 Å². The standard InChI is InChI=1S/C10H13ClO3S/c1-10(2,3)8-5-4-7(6-9(8)11)15(12,13)14/h4-6H,1-3H3,(H,12,13,14). The quantitative estimate of drug-likeness (QED) is 0.778. The minimum absolute atomic E-state index is 0.158. The zero-order chi connectivity index (χ0) is 11.9. The number of halogens is 1. The van der Waals surface area contributed by atoms with E-state index in [0.717, 1.165) is 5.56 Å². The normalized spacial score (nSPS) is 12.9. The smallest absolute Gasteiger partial charge is 0.282 e. The van der Waals surface area contributed by atoms with E-state index in [4.69, 9.17) is 16.2 Å². The van der Waals surface area contributed by atoms with E-state index in [1.807, 2.05) is 20.8 Å². The Morgan fingerprint density at radius 2 is 1.80 bits per heavy atom. The van der Waals surface area contributed by atoms with Gasteiger partial charge in [-0.05, 0) is 23.1 Å². The van der Waals surface area contributed by atoms with Crippen molar-refractivity contribution in [2.75, 3.05) is 0 Å². The Bertz CT molecular complexity index is 472. The summed E-state index contributed by atoms with van der Waals surface area (Å²) in [6.07, 6.45) is 0. The van der Waals surface area contributed by atoms with Crippen molar-refractivity contribution in [3.63, 3.8) is 0 Å². The summed E-state index contributed by atoms with van der Waals surface area (Å²) >= 11 is 5.94. The second kappa shape index (κ2) is 3.77. The van der Waals surface area contributed by atoms with Crippen LogP contribution in [-0.4, -0.2) is 13.0 Å². The van der Waals surface area contributed by atoms with E-state index in [9.17, 15) is 8.42 Å². The van der Waals surface area contributed by atoms with Gasteiger partial charge in [0.15, 0.2) is 0 Å². The van der Waals surface area contributed by atoms with Gasteiger partial charge in [-0.25, -0.2) is 0 Å². The van der Waals surface area contributed by atoms with Crippen LogP contribution in [-0.2, 0) is 15.5 Å². The summed E-state index contributed by atoms with van der Waals surface area (Å²) in [4.78, 5) is -0.180. The molecule has 0 unspecified atom stereocenters. The van der Waals surface area contributed by atoms with Gasteiger partial charge in [0.25, 0.3) is 10.1 Å². The maximum atomic E-state index is 10.8. The third-order valence-electron chi connectivity index (χ3n) is 2.05. The molecule has 0 radical (unpaired) electrons. The van der Waals surface area contributed by atoms with Gasteiger partial charge in [0.05, 0.1) is 4.90 Å². The molecule has 0 saturated carbocycles. The fourth-order valence-electron chi connectivity index (χ4n) is 1.26. The van der Waals surface area contributed by atoms with Crippen molar-refractivity contribution in [2.24, 2.45) is 0 Å². The Hall–Kier alpha value is -0.580. The molecule has 0 atom stereocenters.